The van der Waals surface area contributed by atoms with Crippen molar-refractivity contribution in [3.63, 3.8) is 0 Å². The Morgan fingerprint density at radius 2 is 1.72 bits per heavy atom. The lowest BCUT2D eigenvalue weighted by atomic mass is 9.88. The molecule has 4 fully saturated rings. The smallest absolute Gasteiger partial charge is 0.256 e. The lowest BCUT2D eigenvalue weighted by molar-refractivity contribution is -0.135. The fraction of sp³-hybridized carbons (Fsp3) is 0.529. The number of fused-ring (bicyclic) bond motifs is 3. The topological polar surface area (TPSA) is 87.5 Å². The van der Waals surface area contributed by atoms with Gasteiger partial charge in [0.1, 0.15) is 5.82 Å². The first-order chi connectivity index (χ1) is 20.8. The molecule has 8 nitrogen and oxygen atoms in total. The van der Waals surface area contributed by atoms with Gasteiger partial charge in [0.2, 0.25) is 5.91 Å². The summed E-state index contributed by atoms with van der Waals surface area (Å²) < 4.78 is 16.4. The maximum absolute atomic E-state index is 14.6. The van der Waals surface area contributed by atoms with E-state index in [1.807, 2.05) is 34.3 Å². The molecule has 226 valence electrons. The number of piperidine rings is 3. The number of pyridine rings is 1. The van der Waals surface area contributed by atoms with Gasteiger partial charge in [0, 0.05) is 60.5 Å². The van der Waals surface area contributed by atoms with Crippen molar-refractivity contribution in [2.75, 3.05) is 13.1 Å². The van der Waals surface area contributed by atoms with Crippen LogP contribution in [0.5, 0.6) is 0 Å². The maximum Gasteiger partial charge on any atom is 0.256 e. The second-order valence-corrected chi connectivity index (χ2v) is 13.2. The number of benzene rings is 1. The number of hydrogen-bond acceptors (Lipinski definition) is 5. The first kappa shape index (κ1) is 28.2. The molecule has 2 aromatic heterocycles. The molecule has 3 aliphatic heterocycles. The predicted molar refractivity (Wildman–Crippen MR) is 162 cm³/mol. The zero-order valence-corrected chi connectivity index (χ0v) is 25.0. The molecule has 2 bridgehead atoms. The number of ketones is 1. The molecule has 0 unspecified atom stereocenters. The number of nitrogens with zero attached hydrogens (tertiary/aromatic N) is 4. The highest BCUT2D eigenvalue weighted by Crippen LogP contribution is 2.37. The molecule has 1 aromatic carbocycles. The third-order valence-corrected chi connectivity index (χ3v) is 10.6. The van der Waals surface area contributed by atoms with E-state index in [4.69, 9.17) is 0 Å². The summed E-state index contributed by atoms with van der Waals surface area (Å²) in [4.78, 5) is 49.3. The molecule has 3 aromatic rings. The summed E-state index contributed by atoms with van der Waals surface area (Å²) >= 11 is 0. The average molecular weight is 586 g/mol. The number of amides is 2. The van der Waals surface area contributed by atoms with Gasteiger partial charge in [0.15, 0.2) is 5.78 Å². The van der Waals surface area contributed by atoms with E-state index in [-0.39, 0.29) is 47.2 Å². The SMILES string of the molecule is C[C@@H]1CCC[C@@H](C)N1C(=O)c1cc(F)ccc1-n1cc(C(=O)C2CCN(C(=O)[C@H]3N[C@@H]4CC[C@H]3C4)CC2)c2ccncc21. The minimum atomic E-state index is -0.475. The second kappa shape index (κ2) is 11.2. The van der Waals surface area contributed by atoms with Crippen molar-refractivity contribution < 1.29 is 18.8 Å². The fourth-order valence-corrected chi connectivity index (χ4v) is 8.23. The molecule has 1 N–H and O–H groups in total. The van der Waals surface area contributed by atoms with Crippen LogP contribution in [0.1, 0.15) is 85.9 Å². The molecular weight excluding hydrogens is 545 g/mol. The number of Topliss-reactive ketones (excluding diaryl/α,β-unsaturated/α-hetero) is 1. The van der Waals surface area contributed by atoms with E-state index in [0.29, 0.717) is 54.7 Å². The Morgan fingerprint density at radius 1 is 0.953 bits per heavy atom. The Bertz CT molecular complexity index is 1570. The van der Waals surface area contributed by atoms with Crippen molar-refractivity contribution in [1.29, 1.82) is 0 Å². The molecule has 5 atom stereocenters. The number of rotatable bonds is 5. The molecule has 0 spiro atoms. The summed E-state index contributed by atoms with van der Waals surface area (Å²) in [7, 11) is 0. The fourth-order valence-electron chi connectivity index (χ4n) is 8.23. The van der Waals surface area contributed by atoms with Crippen molar-refractivity contribution >= 4 is 28.5 Å². The van der Waals surface area contributed by atoms with Crippen molar-refractivity contribution in [2.45, 2.75) is 89.4 Å². The highest BCUT2D eigenvalue weighted by molar-refractivity contribution is 6.10. The van der Waals surface area contributed by atoms with Crippen LogP contribution in [0.25, 0.3) is 16.6 Å². The number of likely N-dealkylation sites (tertiary alicyclic amines) is 2. The van der Waals surface area contributed by atoms with Crippen LogP contribution >= 0.6 is 0 Å². The Morgan fingerprint density at radius 3 is 2.42 bits per heavy atom. The van der Waals surface area contributed by atoms with Crippen LogP contribution in [0.2, 0.25) is 0 Å². The van der Waals surface area contributed by atoms with Gasteiger partial charge in [0.05, 0.1) is 29.0 Å². The van der Waals surface area contributed by atoms with Crippen LogP contribution in [-0.2, 0) is 4.79 Å². The van der Waals surface area contributed by atoms with E-state index in [1.54, 1.807) is 24.7 Å². The molecule has 1 saturated carbocycles. The number of nitrogens with one attached hydrogen (secondary N) is 1. The molecule has 7 rings (SSSR count). The molecule has 43 heavy (non-hydrogen) atoms. The molecule has 3 saturated heterocycles. The number of aromatic nitrogens is 2. The first-order valence-electron chi connectivity index (χ1n) is 16.0. The third-order valence-electron chi connectivity index (χ3n) is 10.6. The van der Waals surface area contributed by atoms with E-state index in [9.17, 15) is 18.8 Å². The van der Waals surface area contributed by atoms with Crippen molar-refractivity contribution in [2.24, 2.45) is 11.8 Å². The quantitative estimate of drug-likeness (QED) is 0.420. The van der Waals surface area contributed by atoms with Gasteiger partial charge in [-0.3, -0.25) is 19.4 Å². The third kappa shape index (κ3) is 4.95. The number of carbonyl (C=O) groups excluding carboxylic acids is 3. The molecule has 5 heterocycles. The lowest BCUT2D eigenvalue weighted by Gasteiger charge is -2.39. The van der Waals surface area contributed by atoms with E-state index in [1.165, 1.54) is 12.1 Å². The molecule has 9 heteroatoms. The minimum Gasteiger partial charge on any atom is -0.341 e. The summed E-state index contributed by atoms with van der Waals surface area (Å²) in [5.41, 5.74) is 2.08. The average Bonchev–Trinajstić information content (AvgIpc) is 3.75. The van der Waals surface area contributed by atoms with Gasteiger partial charge in [-0.25, -0.2) is 4.39 Å². The molecule has 2 amide bonds. The van der Waals surface area contributed by atoms with E-state index < -0.39 is 5.82 Å². The highest BCUT2D eigenvalue weighted by Gasteiger charge is 2.44. The van der Waals surface area contributed by atoms with Crippen molar-refractivity contribution in [1.82, 2.24) is 24.7 Å². The highest BCUT2D eigenvalue weighted by atomic mass is 19.1. The van der Waals surface area contributed by atoms with Gasteiger partial charge >= 0.3 is 0 Å². The summed E-state index contributed by atoms with van der Waals surface area (Å²) in [5, 5.41) is 4.27. The Kier molecular flexibility index (Phi) is 7.32. The number of halogens is 1. The largest absolute Gasteiger partial charge is 0.341 e. The predicted octanol–water partition coefficient (Wildman–Crippen LogP) is 5.13. The van der Waals surface area contributed by atoms with Crippen LogP contribution < -0.4 is 5.32 Å². The second-order valence-electron chi connectivity index (χ2n) is 13.2. The van der Waals surface area contributed by atoms with Crippen LogP contribution in [0.3, 0.4) is 0 Å². The standard InChI is InChI=1S/C34H40FN5O3/c1-20-4-3-5-21(2)40(20)33(42)27-17-24(35)7-9-29(27)39-19-28(26-10-13-36-18-30(26)39)32(41)22-11-14-38(15-12-22)34(43)31-23-6-8-25(16-23)37-31/h7,9-10,13,17-23,25,31,37H,3-6,8,11-12,14-16H2,1-2H3/t20-,21-,23+,25-,31+/m1/s1. The Labute approximate surface area is 251 Å². The zero-order chi connectivity index (χ0) is 29.8. The Balaban J connectivity index is 1.16. The van der Waals surface area contributed by atoms with Gasteiger partial charge in [-0.1, -0.05) is 0 Å². The summed E-state index contributed by atoms with van der Waals surface area (Å²) in [6.45, 7) is 5.25. The van der Waals surface area contributed by atoms with Crippen molar-refractivity contribution in [3.8, 4) is 5.69 Å². The zero-order valence-electron chi connectivity index (χ0n) is 25.0. The van der Waals surface area contributed by atoms with Gasteiger partial charge in [-0.15, -0.1) is 0 Å². The number of hydrogen-bond donors (Lipinski definition) is 1. The van der Waals surface area contributed by atoms with E-state index in [2.05, 4.69) is 10.3 Å². The van der Waals surface area contributed by atoms with Crippen LogP contribution in [-0.4, -0.2) is 74.2 Å². The van der Waals surface area contributed by atoms with Crippen LogP contribution in [0.4, 0.5) is 4.39 Å². The van der Waals surface area contributed by atoms with Crippen molar-refractivity contribution in [3.05, 3.63) is 59.8 Å². The first-order valence-corrected chi connectivity index (χ1v) is 16.0. The summed E-state index contributed by atoms with van der Waals surface area (Å²) in [6, 6.07) is 6.65. The van der Waals surface area contributed by atoms with Crippen LogP contribution in [0.15, 0.2) is 42.9 Å². The maximum atomic E-state index is 14.6. The van der Waals surface area contributed by atoms with Crippen LogP contribution in [0, 0.1) is 17.7 Å². The van der Waals surface area contributed by atoms with Gasteiger partial charge < -0.3 is 19.7 Å². The minimum absolute atomic E-state index is 0.0355. The summed E-state index contributed by atoms with van der Waals surface area (Å²) in [6.07, 6.45) is 12.7. The van der Waals surface area contributed by atoms with Gasteiger partial charge in [-0.05, 0) is 95.4 Å². The van der Waals surface area contributed by atoms with Gasteiger partial charge in [-0.2, -0.15) is 0 Å². The number of carbonyl (C=O) groups is 3. The molecule has 1 aliphatic carbocycles. The van der Waals surface area contributed by atoms with Gasteiger partial charge in [0.25, 0.3) is 5.91 Å². The Hall–Kier alpha value is -3.59. The normalized spacial score (nSPS) is 27.7. The lowest BCUT2D eigenvalue weighted by Crippen LogP contribution is -2.51. The monoisotopic (exact) mass is 585 g/mol. The molecular formula is C34H40FN5O3. The molecule has 0 radical (unpaired) electrons. The summed E-state index contributed by atoms with van der Waals surface area (Å²) in [5.74, 6) is -0.207. The van der Waals surface area contributed by atoms with E-state index in [0.717, 1.165) is 43.9 Å². The van der Waals surface area contributed by atoms with E-state index >= 15 is 0 Å². The molecule has 4 aliphatic rings.